The fourth-order valence-corrected chi connectivity index (χ4v) is 3.55. The van der Waals surface area contributed by atoms with Crippen LogP contribution in [0.2, 0.25) is 0 Å². The zero-order valence-electron chi connectivity index (χ0n) is 17.0. The minimum atomic E-state index is -0.486. The van der Waals surface area contributed by atoms with Crippen LogP contribution in [0.5, 0.6) is 0 Å². The third kappa shape index (κ3) is 5.08. The van der Waals surface area contributed by atoms with Crippen LogP contribution in [0.1, 0.15) is 17.0 Å². The van der Waals surface area contributed by atoms with Gasteiger partial charge in [-0.15, -0.1) is 0 Å². The average molecular weight is 399 g/mol. The second kappa shape index (κ2) is 9.29. The van der Waals surface area contributed by atoms with Gasteiger partial charge in [-0.25, -0.2) is 8.78 Å². The number of nitrogens with one attached hydrogen (secondary N) is 1. The Hall–Kier alpha value is -2.57. The molecule has 2 aromatic carbocycles. The lowest BCUT2D eigenvalue weighted by Gasteiger charge is -2.34. The molecule has 4 nitrogen and oxygen atoms in total. The summed E-state index contributed by atoms with van der Waals surface area (Å²) in [6, 6.07) is 12.6. The predicted molar refractivity (Wildman–Crippen MR) is 111 cm³/mol. The third-order valence-corrected chi connectivity index (χ3v) is 5.24. The van der Waals surface area contributed by atoms with Gasteiger partial charge >= 0.3 is 0 Å². The van der Waals surface area contributed by atoms with Gasteiger partial charge in [-0.3, -0.25) is 4.79 Å². The molecule has 2 aromatic rings. The molecule has 0 bridgehead atoms. The van der Waals surface area contributed by atoms with Crippen LogP contribution < -0.4 is 5.32 Å². The van der Waals surface area contributed by atoms with Crippen LogP contribution in [0.25, 0.3) is 5.57 Å². The van der Waals surface area contributed by atoms with Crippen molar-refractivity contribution in [3.05, 3.63) is 77.4 Å². The summed E-state index contributed by atoms with van der Waals surface area (Å²) >= 11 is 0. The Balaban J connectivity index is 1.93. The van der Waals surface area contributed by atoms with Gasteiger partial charge in [0.1, 0.15) is 11.6 Å². The van der Waals surface area contributed by atoms with Crippen molar-refractivity contribution in [1.29, 1.82) is 0 Å². The number of rotatable bonds is 6. The highest BCUT2D eigenvalue weighted by atomic mass is 19.1. The van der Waals surface area contributed by atoms with Gasteiger partial charge in [0.2, 0.25) is 5.91 Å². The highest BCUT2D eigenvalue weighted by Gasteiger charge is 2.33. The lowest BCUT2D eigenvalue weighted by atomic mass is 9.84. The summed E-state index contributed by atoms with van der Waals surface area (Å²) in [5.74, 6) is -1.26. The van der Waals surface area contributed by atoms with Crippen LogP contribution >= 0.6 is 0 Å². The van der Waals surface area contributed by atoms with Crippen LogP contribution in [0.3, 0.4) is 0 Å². The van der Waals surface area contributed by atoms with Gasteiger partial charge in [0.05, 0.1) is 6.04 Å². The van der Waals surface area contributed by atoms with Gasteiger partial charge in [0.15, 0.2) is 0 Å². The van der Waals surface area contributed by atoms with Gasteiger partial charge in [-0.1, -0.05) is 36.4 Å². The molecule has 1 aliphatic heterocycles. The topological polar surface area (TPSA) is 35.6 Å². The van der Waals surface area contributed by atoms with Crippen molar-refractivity contribution in [1.82, 2.24) is 15.1 Å². The SMILES string of the molecule is CN(C)CCN(C)C(=O)C1NCC(c2cc(F)ccc2F)=CC1c1ccccc1. The Bertz CT molecular complexity index is 883. The first-order valence-electron chi connectivity index (χ1n) is 9.71. The van der Waals surface area contributed by atoms with Gasteiger partial charge in [0, 0.05) is 38.2 Å². The van der Waals surface area contributed by atoms with Crippen LogP contribution in [0, 0.1) is 11.6 Å². The Labute approximate surface area is 170 Å². The van der Waals surface area contributed by atoms with Crippen LogP contribution in [-0.2, 0) is 4.79 Å². The Kier molecular flexibility index (Phi) is 6.77. The van der Waals surface area contributed by atoms with E-state index < -0.39 is 17.7 Å². The van der Waals surface area contributed by atoms with Crippen molar-refractivity contribution in [2.45, 2.75) is 12.0 Å². The first-order valence-corrected chi connectivity index (χ1v) is 9.71. The Morgan fingerprint density at radius 2 is 1.79 bits per heavy atom. The van der Waals surface area contributed by atoms with Crippen molar-refractivity contribution in [3.8, 4) is 0 Å². The normalized spacial score (nSPS) is 19.2. The van der Waals surface area contributed by atoms with E-state index in [4.69, 9.17) is 0 Å². The summed E-state index contributed by atoms with van der Waals surface area (Å²) in [5.41, 5.74) is 1.83. The number of likely N-dealkylation sites (N-methyl/N-ethyl adjacent to an activating group) is 2. The largest absolute Gasteiger partial charge is 0.343 e. The molecule has 29 heavy (non-hydrogen) atoms. The molecule has 6 heteroatoms. The third-order valence-electron chi connectivity index (χ3n) is 5.24. The monoisotopic (exact) mass is 399 g/mol. The highest BCUT2D eigenvalue weighted by molar-refractivity contribution is 5.85. The summed E-state index contributed by atoms with van der Waals surface area (Å²) in [4.78, 5) is 16.9. The molecule has 1 aliphatic rings. The maximum absolute atomic E-state index is 14.3. The zero-order valence-corrected chi connectivity index (χ0v) is 17.0. The number of amides is 1. The molecule has 2 atom stereocenters. The van der Waals surface area contributed by atoms with Gasteiger partial charge < -0.3 is 15.1 Å². The molecular formula is C23H27F2N3O. The van der Waals surface area contributed by atoms with Crippen molar-refractivity contribution in [3.63, 3.8) is 0 Å². The fourth-order valence-electron chi connectivity index (χ4n) is 3.55. The van der Waals surface area contributed by atoms with E-state index in [9.17, 15) is 13.6 Å². The van der Waals surface area contributed by atoms with Crippen molar-refractivity contribution in [2.24, 2.45) is 0 Å². The van der Waals surface area contributed by atoms with E-state index in [-0.39, 0.29) is 17.4 Å². The molecule has 1 heterocycles. The second-order valence-electron chi connectivity index (χ2n) is 7.67. The van der Waals surface area contributed by atoms with E-state index in [1.807, 2.05) is 55.4 Å². The summed E-state index contributed by atoms with van der Waals surface area (Å²) in [6.07, 6.45) is 1.89. The quantitative estimate of drug-likeness (QED) is 0.811. The van der Waals surface area contributed by atoms with Crippen molar-refractivity contribution in [2.75, 3.05) is 40.8 Å². The number of hydrogen-bond acceptors (Lipinski definition) is 3. The molecule has 154 valence electrons. The Morgan fingerprint density at radius 1 is 1.07 bits per heavy atom. The maximum atomic E-state index is 14.3. The van der Waals surface area contributed by atoms with Crippen molar-refractivity contribution < 1.29 is 13.6 Å². The molecule has 0 fully saturated rings. The van der Waals surface area contributed by atoms with E-state index in [2.05, 4.69) is 5.32 Å². The van der Waals surface area contributed by atoms with E-state index in [1.165, 1.54) is 6.07 Å². The molecule has 1 amide bonds. The van der Waals surface area contributed by atoms with E-state index >= 15 is 0 Å². The second-order valence-corrected chi connectivity index (χ2v) is 7.67. The molecular weight excluding hydrogens is 372 g/mol. The maximum Gasteiger partial charge on any atom is 0.240 e. The Morgan fingerprint density at radius 3 is 2.48 bits per heavy atom. The summed E-state index contributed by atoms with van der Waals surface area (Å²) in [7, 11) is 5.72. The van der Waals surface area contributed by atoms with Crippen LogP contribution in [0.4, 0.5) is 8.78 Å². The van der Waals surface area contributed by atoms with E-state index in [0.29, 0.717) is 18.7 Å². The number of carbonyl (C=O) groups is 1. The summed E-state index contributed by atoms with van der Waals surface area (Å²) < 4.78 is 28.0. The standard InChI is InChI=1S/C23H27F2N3O/c1-27(2)11-12-28(3)23(29)22-20(16-7-5-4-6-8-16)13-17(15-26-22)19-14-18(24)9-10-21(19)25/h4-10,13-14,20,22,26H,11-12,15H2,1-3H3. The molecule has 0 saturated carbocycles. The molecule has 0 spiro atoms. The molecule has 0 aromatic heterocycles. The van der Waals surface area contributed by atoms with Crippen LogP contribution in [0.15, 0.2) is 54.6 Å². The summed E-state index contributed by atoms with van der Waals surface area (Å²) in [5, 5.41) is 3.27. The van der Waals surface area contributed by atoms with Gasteiger partial charge in [-0.05, 0) is 43.4 Å². The molecule has 0 saturated heterocycles. The molecule has 3 rings (SSSR count). The zero-order chi connectivity index (χ0) is 21.0. The lowest BCUT2D eigenvalue weighted by molar-refractivity contribution is -0.132. The number of benzene rings is 2. The fraction of sp³-hybridized carbons (Fsp3) is 0.348. The van der Waals surface area contributed by atoms with Gasteiger partial charge in [-0.2, -0.15) is 0 Å². The minimum Gasteiger partial charge on any atom is -0.343 e. The number of nitrogens with zero attached hydrogens (tertiary/aromatic N) is 2. The van der Waals surface area contributed by atoms with Crippen molar-refractivity contribution >= 4 is 11.5 Å². The smallest absolute Gasteiger partial charge is 0.240 e. The predicted octanol–water partition coefficient (Wildman–Crippen LogP) is 3.12. The highest BCUT2D eigenvalue weighted by Crippen LogP contribution is 2.31. The van der Waals surface area contributed by atoms with E-state index in [1.54, 1.807) is 11.9 Å². The minimum absolute atomic E-state index is 0.0179. The molecule has 0 aliphatic carbocycles. The molecule has 1 N–H and O–H groups in total. The average Bonchev–Trinajstić information content (AvgIpc) is 2.73. The van der Waals surface area contributed by atoms with Crippen LogP contribution in [-0.4, -0.2) is 62.5 Å². The number of carbonyl (C=O) groups excluding carboxylic acids is 1. The summed E-state index contributed by atoms with van der Waals surface area (Å²) in [6.45, 7) is 1.67. The molecule has 2 unspecified atom stereocenters. The number of halogens is 2. The number of hydrogen-bond donors (Lipinski definition) is 1. The lowest BCUT2D eigenvalue weighted by Crippen LogP contribution is -2.51. The molecule has 0 radical (unpaired) electrons. The first kappa shape index (κ1) is 21.1. The first-order chi connectivity index (χ1) is 13.9. The van der Waals surface area contributed by atoms with E-state index in [0.717, 1.165) is 24.2 Å². The van der Waals surface area contributed by atoms with Gasteiger partial charge in [0.25, 0.3) is 0 Å².